The first kappa shape index (κ1) is 28.1. The molecule has 4 aliphatic rings. The SMILES string of the molecule is CC(CC(=O)CC(O)C1CC(=O)C2(C)C3=C(C(=O)CC12C)C1(C)CCC(O)C(C)(C)C1CC3O)C(=O)O. The van der Waals surface area contributed by atoms with E-state index in [4.69, 9.17) is 5.11 Å². The van der Waals surface area contributed by atoms with E-state index in [9.17, 15) is 34.5 Å². The van der Waals surface area contributed by atoms with Gasteiger partial charge in [-0.05, 0) is 59.8 Å². The lowest BCUT2D eigenvalue weighted by atomic mass is 9.42. The maximum Gasteiger partial charge on any atom is 0.306 e. The normalized spacial score (nSPS) is 42.5. The topological polar surface area (TPSA) is 149 Å². The average Bonchev–Trinajstić information content (AvgIpc) is 2.99. The van der Waals surface area contributed by atoms with Gasteiger partial charge in [0.05, 0.1) is 29.6 Å². The molecule has 37 heavy (non-hydrogen) atoms. The van der Waals surface area contributed by atoms with Gasteiger partial charge in [-0.3, -0.25) is 19.2 Å². The molecule has 8 nitrogen and oxygen atoms in total. The summed E-state index contributed by atoms with van der Waals surface area (Å²) in [5.41, 5.74) is -2.26. The van der Waals surface area contributed by atoms with Gasteiger partial charge in [0.25, 0.3) is 0 Å². The third-order valence-corrected chi connectivity index (χ3v) is 11.2. The molecule has 206 valence electrons. The zero-order chi connectivity index (χ0) is 27.9. The second-order valence-electron chi connectivity index (χ2n) is 13.5. The summed E-state index contributed by atoms with van der Waals surface area (Å²) >= 11 is 0. The minimum Gasteiger partial charge on any atom is -0.481 e. The van der Waals surface area contributed by atoms with Crippen molar-refractivity contribution in [3.8, 4) is 0 Å². The Morgan fingerprint density at radius 1 is 1.05 bits per heavy atom. The van der Waals surface area contributed by atoms with Gasteiger partial charge in [0.1, 0.15) is 11.6 Å². The molecule has 4 rings (SSSR count). The van der Waals surface area contributed by atoms with Gasteiger partial charge in [0.15, 0.2) is 5.78 Å². The van der Waals surface area contributed by atoms with E-state index >= 15 is 0 Å². The Balaban J connectivity index is 1.74. The summed E-state index contributed by atoms with van der Waals surface area (Å²) < 4.78 is 0. The van der Waals surface area contributed by atoms with Crippen molar-refractivity contribution in [1.29, 1.82) is 0 Å². The van der Waals surface area contributed by atoms with Crippen molar-refractivity contribution in [2.24, 2.45) is 39.4 Å². The highest BCUT2D eigenvalue weighted by atomic mass is 16.4. The van der Waals surface area contributed by atoms with Crippen molar-refractivity contribution in [2.75, 3.05) is 0 Å². The number of aliphatic carboxylic acids is 1. The van der Waals surface area contributed by atoms with E-state index in [1.165, 1.54) is 6.92 Å². The van der Waals surface area contributed by atoms with Gasteiger partial charge < -0.3 is 20.4 Å². The second kappa shape index (κ2) is 8.82. The Labute approximate surface area is 218 Å². The van der Waals surface area contributed by atoms with Crippen molar-refractivity contribution >= 4 is 23.3 Å². The molecule has 0 amide bonds. The van der Waals surface area contributed by atoms with Crippen LogP contribution in [-0.2, 0) is 19.2 Å². The van der Waals surface area contributed by atoms with E-state index in [2.05, 4.69) is 0 Å². The van der Waals surface area contributed by atoms with Crippen LogP contribution in [0.5, 0.6) is 0 Å². The molecular formula is C29H42O8. The predicted molar refractivity (Wildman–Crippen MR) is 134 cm³/mol. The van der Waals surface area contributed by atoms with E-state index in [0.29, 0.717) is 30.4 Å². The molecule has 0 aromatic heterocycles. The van der Waals surface area contributed by atoms with Crippen LogP contribution in [0.4, 0.5) is 0 Å². The number of carbonyl (C=O) groups is 4. The van der Waals surface area contributed by atoms with E-state index in [0.717, 1.165) is 0 Å². The lowest BCUT2D eigenvalue weighted by Gasteiger charge is -2.61. The molecule has 4 aliphatic carbocycles. The summed E-state index contributed by atoms with van der Waals surface area (Å²) in [6.07, 6.45) is -1.81. The van der Waals surface area contributed by atoms with Gasteiger partial charge in [0, 0.05) is 31.3 Å². The lowest BCUT2D eigenvalue weighted by molar-refractivity contribution is -0.145. The number of allylic oxidation sites excluding steroid dienone is 1. The summed E-state index contributed by atoms with van der Waals surface area (Å²) in [4.78, 5) is 51.4. The molecule has 0 bridgehead atoms. The number of hydrogen-bond donors (Lipinski definition) is 4. The Morgan fingerprint density at radius 2 is 1.68 bits per heavy atom. The van der Waals surface area contributed by atoms with Gasteiger partial charge in [-0.1, -0.05) is 34.6 Å². The van der Waals surface area contributed by atoms with E-state index < -0.39 is 63.6 Å². The Bertz CT molecular complexity index is 1070. The first-order valence-electron chi connectivity index (χ1n) is 13.5. The molecule has 0 spiro atoms. The average molecular weight is 519 g/mol. The third-order valence-electron chi connectivity index (χ3n) is 11.2. The summed E-state index contributed by atoms with van der Waals surface area (Å²) in [6, 6.07) is 0. The van der Waals surface area contributed by atoms with Crippen LogP contribution in [0.2, 0.25) is 0 Å². The summed E-state index contributed by atoms with van der Waals surface area (Å²) in [5.74, 6) is -3.46. The Kier molecular flexibility index (Phi) is 6.70. The van der Waals surface area contributed by atoms with Crippen LogP contribution in [0.25, 0.3) is 0 Å². The molecule has 2 fully saturated rings. The fourth-order valence-electron chi connectivity index (χ4n) is 8.72. The maximum atomic E-state index is 14.0. The number of carboxylic acids is 1. The molecule has 0 aromatic carbocycles. The van der Waals surface area contributed by atoms with Crippen LogP contribution in [0.3, 0.4) is 0 Å². The molecule has 2 saturated carbocycles. The highest BCUT2D eigenvalue weighted by Gasteiger charge is 2.70. The number of aliphatic hydroxyl groups is 3. The predicted octanol–water partition coefficient (Wildman–Crippen LogP) is 2.86. The van der Waals surface area contributed by atoms with Crippen molar-refractivity contribution < 1.29 is 39.6 Å². The van der Waals surface area contributed by atoms with Gasteiger partial charge in [-0.25, -0.2) is 0 Å². The van der Waals surface area contributed by atoms with Crippen molar-refractivity contribution in [3.63, 3.8) is 0 Å². The standard InChI is InChI=1S/C29H42O8/c1-14(25(36)37)9-15(30)10-17(31)16-11-22(35)29(6)24-18(32)12-20-26(2,3)21(34)7-8-27(20,4)23(24)19(33)13-28(16,29)5/h14,16-18,20-21,31-32,34H,7-13H2,1-6H3,(H,36,37). The van der Waals surface area contributed by atoms with Crippen LogP contribution < -0.4 is 0 Å². The largest absolute Gasteiger partial charge is 0.481 e. The number of carboxylic acid groups (broad SMARTS) is 1. The fourth-order valence-corrected chi connectivity index (χ4v) is 8.72. The lowest BCUT2D eigenvalue weighted by Crippen LogP contribution is -2.60. The molecular weight excluding hydrogens is 476 g/mol. The van der Waals surface area contributed by atoms with E-state index in [-0.39, 0.29) is 43.2 Å². The minimum absolute atomic E-state index is 0.0168. The number of Topliss-reactive ketones (excluding diaryl/α,β-unsaturated/α-hetero) is 3. The van der Waals surface area contributed by atoms with Crippen LogP contribution in [0.15, 0.2) is 11.1 Å². The van der Waals surface area contributed by atoms with E-state index in [1.54, 1.807) is 6.92 Å². The smallest absolute Gasteiger partial charge is 0.306 e. The van der Waals surface area contributed by atoms with Gasteiger partial charge in [-0.2, -0.15) is 0 Å². The number of hydrogen-bond acceptors (Lipinski definition) is 7. The third kappa shape index (κ3) is 3.80. The second-order valence-corrected chi connectivity index (χ2v) is 13.5. The number of carbonyl (C=O) groups excluding carboxylic acids is 3. The van der Waals surface area contributed by atoms with Crippen LogP contribution in [0, 0.1) is 39.4 Å². The summed E-state index contributed by atoms with van der Waals surface area (Å²) in [6.45, 7) is 11.0. The van der Waals surface area contributed by atoms with Crippen LogP contribution >= 0.6 is 0 Å². The number of aliphatic hydroxyl groups excluding tert-OH is 3. The van der Waals surface area contributed by atoms with Crippen LogP contribution in [-0.4, -0.2) is 62.1 Å². The van der Waals surface area contributed by atoms with E-state index in [1.807, 2.05) is 27.7 Å². The molecule has 8 heteroatoms. The molecule has 0 aliphatic heterocycles. The maximum absolute atomic E-state index is 14.0. The number of fused-ring (bicyclic) bond motifs is 4. The van der Waals surface area contributed by atoms with Gasteiger partial charge in [-0.15, -0.1) is 0 Å². The van der Waals surface area contributed by atoms with Gasteiger partial charge >= 0.3 is 5.97 Å². The minimum atomic E-state index is -1.20. The molecule has 4 N–H and O–H groups in total. The van der Waals surface area contributed by atoms with Crippen molar-refractivity contribution in [2.45, 2.75) is 105 Å². The monoisotopic (exact) mass is 518 g/mol. The first-order valence-corrected chi connectivity index (χ1v) is 13.5. The highest BCUT2D eigenvalue weighted by Crippen LogP contribution is 2.70. The Morgan fingerprint density at radius 3 is 2.27 bits per heavy atom. The fraction of sp³-hybridized carbons (Fsp3) is 0.793. The molecule has 9 atom stereocenters. The van der Waals surface area contributed by atoms with Crippen LogP contribution in [0.1, 0.15) is 86.5 Å². The number of ketones is 3. The molecule has 0 heterocycles. The number of rotatable bonds is 6. The molecule has 0 saturated heterocycles. The molecule has 0 aromatic rings. The first-order chi connectivity index (χ1) is 16.9. The summed E-state index contributed by atoms with van der Waals surface area (Å²) in [7, 11) is 0. The van der Waals surface area contributed by atoms with Crippen molar-refractivity contribution in [1.82, 2.24) is 0 Å². The quantitative estimate of drug-likeness (QED) is 0.419. The zero-order valence-electron chi connectivity index (χ0n) is 22.8. The summed E-state index contributed by atoms with van der Waals surface area (Å²) in [5, 5.41) is 42.6. The van der Waals surface area contributed by atoms with Crippen molar-refractivity contribution in [3.05, 3.63) is 11.1 Å². The molecule has 0 radical (unpaired) electrons. The Hall–Kier alpha value is -1.90. The van der Waals surface area contributed by atoms with Gasteiger partial charge in [0.2, 0.25) is 0 Å². The zero-order valence-corrected chi connectivity index (χ0v) is 22.8. The molecule has 9 unspecified atom stereocenters. The highest BCUT2D eigenvalue weighted by molar-refractivity contribution is 6.05.